The second-order valence-corrected chi connectivity index (χ2v) is 7.34. The van der Waals surface area contributed by atoms with Crippen LogP contribution in [0, 0.1) is 0 Å². The van der Waals surface area contributed by atoms with Gasteiger partial charge in [0.05, 0.1) is 0 Å². The van der Waals surface area contributed by atoms with Crippen molar-refractivity contribution < 1.29 is 23.1 Å². The van der Waals surface area contributed by atoms with Gasteiger partial charge in [-0.2, -0.15) is 0 Å². The summed E-state index contributed by atoms with van der Waals surface area (Å²) in [6.45, 7) is 2.61. The van der Waals surface area contributed by atoms with Crippen LogP contribution in [0.4, 0.5) is 19.3 Å². The van der Waals surface area contributed by atoms with Crippen molar-refractivity contribution in [1.29, 1.82) is 0 Å². The highest BCUT2D eigenvalue weighted by Crippen LogP contribution is 2.36. The van der Waals surface area contributed by atoms with Gasteiger partial charge in [-0.3, -0.25) is 4.79 Å². The molecule has 1 saturated carbocycles. The molecule has 1 aromatic carbocycles. The summed E-state index contributed by atoms with van der Waals surface area (Å²) in [5.41, 5.74) is 1.36. The molecule has 0 unspecified atom stereocenters. The number of unbranched alkanes of at least 4 members (excludes halogenated alkanes) is 1. The minimum atomic E-state index is -2.56. The Morgan fingerprint density at radius 2 is 2.00 bits per heavy atom. The van der Waals surface area contributed by atoms with E-state index in [0.717, 1.165) is 18.5 Å². The van der Waals surface area contributed by atoms with Crippen LogP contribution in [0.3, 0.4) is 0 Å². The molecule has 1 aliphatic carbocycles. The highest BCUT2D eigenvalue weighted by molar-refractivity contribution is 5.97. The Hall–Kier alpha value is -2.18. The number of alkyl halides is 2. The molecule has 0 heterocycles. The molecule has 1 aliphatic rings. The number of rotatable bonds is 9. The van der Waals surface area contributed by atoms with Crippen LogP contribution >= 0.6 is 0 Å². The van der Waals surface area contributed by atoms with Gasteiger partial charge >= 0.3 is 6.09 Å². The summed E-state index contributed by atoms with van der Waals surface area (Å²) in [4.78, 5) is 25.9. The maximum atomic E-state index is 13.4. The summed E-state index contributed by atoms with van der Waals surface area (Å²) < 4.78 is 31.8. The molecule has 1 amide bonds. The molecule has 1 N–H and O–H groups in total. The van der Waals surface area contributed by atoms with Crippen LogP contribution in [0.25, 0.3) is 0 Å². The number of carbonyl (C=O) groups is 2. The summed E-state index contributed by atoms with van der Waals surface area (Å²) in [5.74, 6) is -2.68. The summed E-state index contributed by atoms with van der Waals surface area (Å²) in [5, 5.41) is 2.63. The number of anilines is 1. The number of hydrogen-bond acceptors (Lipinski definition) is 4. The lowest BCUT2D eigenvalue weighted by Gasteiger charge is -2.36. The SMILES string of the molecule is CCCCNC(=O)OCCC(=O)c1cccc(N(C)C2CCC(F)(F)CC2)c1. The van der Waals surface area contributed by atoms with E-state index in [1.165, 1.54) is 0 Å². The molecule has 2 rings (SSSR count). The first-order chi connectivity index (χ1) is 13.3. The second kappa shape index (κ2) is 10.4. The van der Waals surface area contributed by atoms with Gasteiger partial charge in [-0.05, 0) is 31.4 Å². The van der Waals surface area contributed by atoms with Gasteiger partial charge in [0, 0.05) is 50.1 Å². The Labute approximate surface area is 165 Å². The molecule has 156 valence electrons. The summed E-state index contributed by atoms with van der Waals surface area (Å²) in [7, 11) is 1.88. The third-order valence-electron chi connectivity index (χ3n) is 5.17. The van der Waals surface area contributed by atoms with Crippen LogP contribution in [0.2, 0.25) is 0 Å². The van der Waals surface area contributed by atoms with Crippen LogP contribution in [0.5, 0.6) is 0 Å². The Morgan fingerprint density at radius 1 is 1.29 bits per heavy atom. The van der Waals surface area contributed by atoms with E-state index in [1.807, 2.05) is 24.9 Å². The van der Waals surface area contributed by atoms with Gasteiger partial charge in [-0.25, -0.2) is 13.6 Å². The highest BCUT2D eigenvalue weighted by atomic mass is 19.3. The fraction of sp³-hybridized carbons (Fsp3) is 0.619. The van der Waals surface area contributed by atoms with E-state index in [4.69, 9.17) is 4.74 Å². The number of halogens is 2. The number of hydrogen-bond donors (Lipinski definition) is 1. The number of nitrogens with one attached hydrogen (secondary N) is 1. The van der Waals surface area contributed by atoms with Crippen molar-refractivity contribution in [3.63, 3.8) is 0 Å². The van der Waals surface area contributed by atoms with E-state index < -0.39 is 12.0 Å². The molecular formula is C21H30F2N2O3. The van der Waals surface area contributed by atoms with Crippen LogP contribution in [0.1, 0.15) is 62.2 Å². The standard InChI is InChI=1S/C21H30F2N2O3/c1-3-4-13-24-20(27)28-14-10-19(26)16-6-5-7-18(15-16)25(2)17-8-11-21(22,23)12-9-17/h5-7,15,17H,3-4,8-14H2,1-2H3,(H,24,27). The second-order valence-electron chi connectivity index (χ2n) is 7.34. The van der Waals surface area contributed by atoms with E-state index in [2.05, 4.69) is 5.32 Å². The normalized spacial score (nSPS) is 16.4. The van der Waals surface area contributed by atoms with Gasteiger partial charge in [0.15, 0.2) is 5.78 Å². The van der Waals surface area contributed by atoms with Gasteiger partial charge in [0.1, 0.15) is 6.61 Å². The monoisotopic (exact) mass is 396 g/mol. The Balaban J connectivity index is 1.84. The van der Waals surface area contributed by atoms with E-state index in [-0.39, 0.29) is 37.7 Å². The number of nitrogens with zero attached hydrogens (tertiary/aromatic N) is 1. The molecule has 0 aromatic heterocycles. The van der Waals surface area contributed by atoms with Gasteiger partial charge in [-0.1, -0.05) is 25.5 Å². The van der Waals surface area contributed by atoms with Gasteiger partial charge in [0.2, 0.25) is 5.92 Å². The number of carbonyl (C=O) groups excluding carboxylic acids is 2. The first-order valence-electron chi connectivity index (χ1n) is 9.97. The van der Waals surface area contributed by atoms with Crippen molar-refractivity contribution in [2.24, 2.45) is 0 Å². The molecule has 5 nitrogen and oxygen atoms in total. The number of benzene rings is 1. The lowest BCUT2D eigenvalue weighted by molar-refractivity contribution is -0.0378. The Bertz CT molecular complexity index is 657. The number of alkyl carbamates (subject to hydrolysis) is 1. The van der Waals surface area contributed by atoms with Crippen molar-refractivity contribution in [3.8, 4) is 0 Å². The fourth-order valence-corrected chi connectivity index (χ4v) is 3.32. The van der Waals surface area contributed by atoms with Crippen LogP contribution < -0.4 is 10.2 Å². The van der Waals surface area contributed by atoms with Gasteiger partial charge in [0.25, 0.3) is 0 Å². The lowest BCUT2D eigenvalue weighted by atomic mass is 9.91. The van der Waals surface area contributed by atoms with E-state index in [9.17, 15) is 18.4 Å². The van der Waals surface area contributed by atoms with Crippen LogP contribution in [-0.2, 0) is 4.74 Å². The zero-order valence-electron chi connectivity index (χ0n) is 16.7. The maximum Gasteiger partial charge on any atom is 0.407 e. The summed E-state index contributed by atoms with van der Waals surface area (Å²) in [6, 6.07) is 7.20. The lowest BCUT2D eigenvalue weighted by Crippen LogP contribution is -2.38. The van der Waals surface area contributed by atoms with Crippen molar-refractivity contribution in [2.75, 3.05) is 25.1 Å². The molecule has 1 fully saturated rings. The Morgan fingerprint density at radius 3 is 2.68 bits per heavy atom. The van der Waals surface area contributed by atoms with Crippen LogP contribution in [0.15, 0.2) is 24.3 Å². The zero-order chi connectivity index (χ0) is 20.6. The van der Waals surface area contributed by atoms with Gasteiger partial charge in [-0.15, -0.1) is 0 Å². The van der Waals surface area contributed by atoms with Crippen molar-refractivity contribution in [2.45, 2.75) is 63.8 Å². The Kier molecular flexibility index (Phi) is 8.20. The molecule has 0 atom stereocenters. The van der Waals surface area contributed by atoms with E-state index >= 15 is 0 Å². The fourth-order valence-electron chi connectivity index (χ4n) is 3.32. The molecule has 7 heteroatoms. The third kappa shape index (κ3) is 6.77. The molecule has 28 heavy (non-hydrogen) atoms. The minimum Gasteiger partial charge on any atom is -0.449 e. The predicted octanol–water partition coefficient (Wildman–Crippen LogP) is 4.80. The molecule has 0 radical (unpaired) electrons. The summed E-state index contributed by atoms with van der Waals surface area (Å²) >= 11 is 0. The molecule has 0 spiro atoms. The molecular weight excluding hydrogens is 366 g/mol. The highest BCUT2D eigenvalue weighted by Gasteiger charge is 2.36. The topological polar surface area (TPSA) is 58.6 Å². The predicted molar refractivity (Wildman–Crippen MR) is 105 cm³/mol. The molecule has 0 aliphatic heterocycles. The van der Waals surface area contributed by atoms with Crippen molar-refractivity contribution >= 4 is 17.6 Å². The largest absolute Gasteiger partial charge is 0.449 e. The molecule has 1 aromatic rings. The average Bonchev–Trinajstić information content (AvgIpc) is 2.67. The number of amides is 1. The molecule has 0 saturated heterocycles. The zero-order valence-corrected chi connectivity index (χ0v) is 16.7. The first-order valence-corrected chi connectivity index (χ1v) is 9.97. The number of Topliss-reactive ketones (excluding diaryl/α,β-unsaturated/α-hetero) is 1. The van der Waals surface area contributed by atoms with Crippen molar-refractivity contribution in [3.05, 3.63) is 29.8 Å². The third-order valence-corrected chi connectivity index (χ3v) is 5.17. The smallest absolute Gasteiger partial charge is 0.407 e. The van der Waals surface area contributed by atoms with Gasteiger partial charge < -0.3 is 15.0 Å². The quantitative estimate of drug-likeness (QED) is 0.481. The minimum absolute atomic E-state index is 0.0224. The van der Waals surface area contributed by atoms with E-state index in [0.29, 0.717) is 24.9 Å². The van der Waals surface area contributed by atoms with Crippen molar-refractivity contribution in [1.82, 2.24) is 5.32 Å². The van der Waals surface area contributed by atoms with E-state index in [1.54, 1.807) is 18.2 Å². The number of ether oxygens (including phenoxy) is 1. The first kappa shape index (κ1) is 22.1. The molecule has 0 bridgehead atoms. The average molecular weight is 396 g/mol. The maximum absolute atomic E-state index is 13.4. The van der Waals surface area contributed by atoms with Crippen LogP contribution in [-0.4, -0.2) is 44.0 Å². The number of ketones is 1. The summed E-state index contributed by atoms with van der Waals surface area (Å²) in [6.07, 6.45) is 2.12.